The lowest BCUT2D eigenvalue weighted by Crippen LogP contribution is -2.47. The van der Waals surface area contributed by atoms with Crippen molar-refractivity contribution >= 4 is 15.9 Å². The van der Waals surface area contributed by atoms with E-state index in [9.17, 15) is 13.2 Å². The average molecular weight is 353 g/mol. The second kappa shape index (κ2) is 8.09. The van der Waals surface area contributed by atoms with E-state index >= 15 is 0 Å². The van der Waals surface area contributed by atoms with E-state index in [4.69, 9.17) is 0 Å². The summed E-state index contributed by atoms with van der Waals surface area (Å²) in [5.74, 6) is -0.105. The highest BCUT2D eigenvalue weighted by atomic mass is 32.2. The zero-order valence-electron chi connectivity index (χ0n) is 14.7. The zero-order valence-corrected chi connectivity index (χ0v) is 15.5. The molecule has 0 aromatic heterocycles. The number of nitrogens with zero attached hydrogens (tertiary/aromatic N) is 2. The highest BCUT2D eigenvalue weighted by molar-refractivity contribution is 7.89. The normalized spacial score (nSPS) is 18.8. The van der Waals surface area contributed by atoms with Crippen LogP contribution in [-0.2, 0) is 10.0 Å². The Kier molecular flexibility index (Phi) is 6.37. The third kappa shape index (κ3) is 3.96. The number of sulfonamides is 1. The van der Waals surface area contributed by atoms with Gasteiger partial charge in [0, 0.05) is 37.8 Å². The predicted octanol–water partition coefficient (Wildman–Crippen LogP) is 1.54. The summed E-state index contributed by atoms with van der Waals surface area (Å²) in [6.07, 6.45) is 2.01. The molecule has 0 spiro atoms. The van der Waals surface area contributed by atoms with E-state index < -0.39 is 10.0 Å². The molecular weight excluding hydrogens is 326 g/mol. The Morgan fingerprint density at radius 3 is 2.67 bits per heavy atom. The second-order valence-electron chi connectivity index (χ2n) is 6.00. The van der Waals surface area contributed by atoms with Crippen LogP contribution in [0, 0.1) is 0 Å². The number of benzene rings is 1. The molecule has 1 aliphatic heterocycles. The molecule has 1 fully saturated rings. The first kappa shape index (κ1) is 18.9. The van der Waals surface area contributed by atoms with E-state index in [2.05, 4.69) is 5.32 Å². The van der Waals surface area contributed by atoms with Gasteiger partial charge in [-0.2, -0.15) is 4.31 Å². The second-order valence-corrected chi connectivity index (χ2v) is 7.93. The van der Waals surface area contributed by atoms with Gasteiger partial charge >= 0.3 is 0 Å². The molecule has 1 N–H and O–H groups in total. The molecule has 1 saturated heterocycles. The number of likely N-dealkylation sites (N-methyl/N-ethyl adjacent to an activating group) is 1. The van der Waals surface area contributed by atoms with E-state index in [-0.39, 0.29) is 10.8 Å². The fourth-order valence-electron chi connectivity index (χ4n) is 3.08. The van der Waals surface area contributed by atoms with E-state index in [0.717, 1.165) is 12.8 Å². The summed E-state index contributed by atoms with van der Waals surface area (Å²) in [4.78, 5) is 14.7. The first-order valence-electron chi connectivity index (χ1n) is 8.50. The summed E-state index contributed by atoms with van der Waals surface area (Å²) in [5.41, 5.74) is 0.431. The molecule has 1 aromatic rings. The number of hydrogen-bond acceptors (Lipinski definition) is 4. The maximum atomic E-state index is 12.7. The Hall–Kier alpha value is -1.44. The van der Waals surface area contributed by atoms with Crippen molar-refractivity contribution < 1.29 is 13.2 Å². The number of amides is 1. The molecule has 0 aliphatic carbocycles. The number of likely N-dealkylation sites (tertiary alicyclic amines) is 1. The van der Waals surface area contributed by atoms with Gasteiger partial charge in [0.15, 0.2) is 0 Å². The minimum Gasteiger partial charge on any atom is -0.337 e. The molecule has 1 atom stereocenters. The van der Waals surface area contributed by atoms with Crippen LogP contribution < -0.4 is 5.32 Å². The number of nitrogens with one attached hydrogen (secondary N) is 1. The monoisotopic (exact) mass is 353 g/mol. The molecule has 2 rings (SSSR count). The summed E-state index contributed by atoms with van der Waals surface area (Å²) < 4.78 is 26.7. The number of hydrogen-bond donors (Lipinski definition) is 1. The first-order valence-corrected chi connectivity index (χ1v) is 9.94. The van der Waals surface area contributed by atoms with Crippen LogP contribution in [0.4, 0.5) is 0 Å². The Morgan fingerprint density at radius 2 is 2.04 bits per heavy atom. The lowest BCUT2D eigenvalue weighted by molar-refractivity contribution is 0.0698. The topological polar surface area (TPSA) is 69.7 Å². The maximum Gasteiger partial charge on any atom is 0.253 e. The summed E-state index contributed by atoms with van der Waals surface area (Å²) in [6, 6.07) is 6.68. The van der Waals surface area contributed by atoms with Crippen molar-refractivity contribution in [3.8, 4) is 0 Å². The van der Waals surface area contributed by atoms with Crippen LogP contribution in [0.1, 0.15) is 37.0 Å². The van der Waals surface area contributed by atoms with Gasteiger partial charge < -0.3 is 10.2 Å². The number of rotatable bonds is 6. The molecular formula is C17H27N3O3S. The SMILES string of the molecule is CCN(CC)S(=O)(=O)c1cccc(C(=O)N2CCCC(NC)C2)c1. The van der Waals surface area contributed by atoms with Crippen LogP contribution in [0.3, 0.4) is 0 Å². The fraction of sp³-hybridized carbons (Fsp3) is 0.588. The molecule has 6 nitrogen and oxygen atoms in total. The Balaban J connectivity index is 2.25. The minimum atomic E-state index is -3.55. The van der Waals surface area contributed by atoms with Crippen molar-refractivity contribution in [1.82, 2.24) is 14.5 Å². The smallest absolute Gasteiger partial charge is 0.253 e. The number of carbonyl (C=O) groups excluding carboxylic acids is 1. The lowest BCUT2D eigenvalue weighted by Gasteiger charge is -2.32. The molecule has 0 radical (unpaired) electrons. The predicted molar refractivity (Wildman–Crippen MR) is 94.5 cm³/mol. The van der Waals surface area contributed by atoms with Crippen LogP contribution in [0.2, 0.25) is 0 Å². The molecule has 1 amide bonds. The van der Waals surface area contributed by atoms with Crippen molar-refractivity contribution in [3.63, 3.8) is 0 Å². The van der Waals surface area contributed by atoms with E-state index in [0.29, 0.717) is 37.8 Å². The van der Waals surface area contributed by atoms with Gasteiger partial charge in [-0.1, -0.05) is 19.9 Å². The van der Waals surface area contributed by atoms with Crippen molar-refractivity contribution in [2.75, 3.05) is 33.2 Å². The largest absolute Gasteiger partial charge is 0.337 e. The van der Waals surface area contributed by atoms with Crippen LogP contribution in [0.5, 0.6) is 0 Å². The molecule has 1 aliphatic rings. The van der Waals surface area contributed by atoms with Gasteiger partial charge in [0.2, 0.25) is 10.0 Å². The van der Waals surface area contributed by atoms with Gasteiger partial charge in [-0.05, 0) is 38.1 Å². The van der Waals surface area contributed by atoms with Crippen LogP contribution in [-0.4, -0.2) is 62.8 Å². The van der Waals surface area contributed by atoms with E-state index in [1.165, 1.54) is 10.4 Å². The Bertz CT molecular complexity index is 671. The Labute approximate surface area is 144 Å². The van der Waals surface area contributed by atoms with E-state index in [1.807, 2.05) is 20.9 Å². The first-order chi connectivity index (χ1) is 11.4. The maximum absolute atomic E-state index is 12.7. The number of carbonyl (C=O) groups is 1. The van der Waals surface area contributed by atoms with Gasteiger partial charge in [-0.15, -0.1) is 0 Å². The number of piperidine rings is 1. The standard InChI is InChI=1S/C17H27N3O3S/c1-4-20(5-2)24(22,23)16-10-6-8-14(12-16)17(21)19-11-7-9-15(13-19)18-3/h6,8,10,12,15,18H,4-5,7,9,11,13H2,1-3H3. The van der Waals surface area contributed by atoms with Gasteiger partial charge in [0.25, 0.3) is 5.91 Å². The van der Waals surface area contributed by atoms with Crippen LogP contribution in [0.25, 0.3) is 0 Å². The quantitative estimate of drug-likeness (QED) is 0.842. The van der Waals surface area contributed by atoms with Crippen molar-refractivity contribution in [1.29, 1.82) is 0 Å². The Morgan fingerprint density at radius 1 is 1.33 bits per heavy atom. The molecule has 1 unspecified atom stereocenters. The van der Waals surface area contributed by atoms with Gasteiger partial charge in [-0.3, -0.25) is 4.79 Å². The van der Waals surface area contributed by atoms with Gasteiger partial charge in [0.1, 0.15) is 0 Å². The highest BCUT2D eigenvalue weighted by Crippen LogP contribution is 2.19. The minimum absolute atomic E-state index is 0.105. The molecule has 1 heterocycles. The van der Waals surface area contributed by atoms with Crippen molar-refractivity contribution in [2.45, 2.75) is 37.6 Å². The van der Waals surface area contributed by atoms with Crippen molar-refractivity contribution in [2.24, 2.45) is 0 Å². The highest BCUT2D eigenvalue weighted by Gasteiger charge is 2.26. The lowest BCUT2D eigenvalue weighted by atomic mass is 10.0. The molecule has 7 heteroatoms. The zero-order chi connectivity index (χ0) is 17.7. The summed E-state index contributed by atoms with van der Waals surface area (Å²) in [5, 5.41) is 3.21. The van der Waals surface area contributed by atoms with Crippen molar-refractivity contribution in [3.05, 3.63) is 29.8 Å². The molecule has 0 bridgehead atoms. The fourth-order valence-corrected chi connectivity index (χ4v) is 4.59. The summed E-state index contributed by atoms with van der Waals surface area (Å²) >= 11 is 0. The molecule has 24 heavy (non-hydrogen) atoms. The average Bonchev–Trinajstić information content (AvgIpc) is 2.62. The molecule has 134 valence electrons. The van der Waals surface area contributed by atoms with Crippen LogP contribution in [0.15, 0.2) is 29.2 Å². The van der Waals surface area contributed by atoms with Gasteiger partial charge in [0.05, 0.1) is 4.90 Å². The van der Waals surface area contributed by atoms with Gasteiger partial charge in [-0.25, -0.2) is 8.42 Å². The van der Waals surface area contributed by atoms with Crippen LogP contribution >= 0.6 is 0 Å². The molecule has 1 aromatic carbocycles. The third-order valence-corrected chi connectivity index (χ3v) is 6.59. The summed E-state index contributed by atoms with van der Waals surface area (Å²) in [7, 11) is -1.65. The third-order valence-electron chi connectivity index (χ3n) is 4.54. The molecule has 0 saturated carbocycles. The van der Waals surface area contributed by atoms with E-state index in [1.54, 1.807) is 23.1 Å². The summed E-state index contributed by atoms with van der Waals surface area (Å²) in [6.45, 7) is 5.80.